The van der Waals surface area contributed by atoms with Gasteiger partial charge in [0, 0.05) is 11.8 Å². The van der Waals surface area contributed by atoms with Crippen molar-refractivity contribution in [3.8, 4) is 0 Å². The highest BCUT2D eigenvalue weighted by atomic mass is 32.1. The monoisotopic (exact) mass is 306 g/mol. The Kier molecular flexibility index (Phi) is 3.44. The Morgan fingerprint density at radius 2 is 1.95 bits per heavy atom. The van der Waals surface area contributed by atoms with Crippen LogP contribution in [-0.4, -0.2) is 15.6 Å². The van der Waals surface area contributed by atoms with E-state index in [-0.39, 0.29) is 5.69 Å². The van der Waals surface area contributed by atoms with Crippen LogP contribution in [0, 0.1) is 11.6 Å². The highest BCUT2D eigenvalue weighted by Gasteiger charge is 2.09. The van der Waals surface area contributed by atoms with E-state index < -0.39 is 17.7 Å². The molecule has 0 aliphatic heterocycles. The summed E-state index contributed by atoms with van der Waals surface area (Å²) in [5, 5.41) is 8.73. The van der Waals surface area contributed by atoms with Gasteiger partial charge in [0.05, 0.1) is 10.4 Å². The summed E-state index contributed by atoms with van der Waals surface area (Å²) in [7, 11) is 0. The van der Waals surface area contributed by atoms with E-state index in [4.69, 9.17) is 0 Å². The Labute approximate surface area is 121 Å². The Morgan fingerprint density at radius 3 is 2.76 bits per heavy atom. The van der Waals surface area contributed by atoms with Crippen molar-refractivity contribution in [1.82, 2.24) is 9.59 Å². The van der Waals surface area contributed by atoms with E-state index in [2.05, 4.69) is 20.2 Å². The van der Waals surface area contributed by atoms with Gasteiger partial charge in [-0.05, 0) is 41.9 Å². The summed E-state index contributed by atoms with van der Waals surface area (Å²) in [4.78, 5) is 11.8. The van der Waals surface area contributed by atoms with Gasteiger partial charge in [0.2, 0.25) is 0 Å². The number of anilines is 2. The van der Waals surface area contributed by atoms with Gasteiger partial charge < -0.3 is 10.6 Å². The first kappa shape index (κ1) is 13.4. The molecule has 3 aromatic rings. The predicted octanol–water partition coefficient (Wildman–Crippen LogP) is 3.61. The van der Waals surface area contributed by atoms with Gasteiger partial charge in [-0.3, -0.25) is 0 Å². The Balaban J connectivity index is 1.73. The van der Waals surface area contributed by atoms with Crippen LogP contribution in [0.25, 0.3) is 10.2 Å². The third-order valence-corrected chi connectivity index (χ3v) is 3.39. The average Bonchev–Trinajstić information content (AvgIpc) is 2.89. The number of hydrogen-bond donors (Lipinski definition) is 2. The number of hydrogen-bond acceptors (Lipinski definition) is 4. The number of amides is 2. The lowest BCUT2D eigenvalue weighted by Gasteiger charge is -2.08. The second-order valence-electron chi connectivity index (χ2n) is 4.16. The van der Waals surface area contributed by atoms with Crippen LogP contribution in [0.15, 0.2) is 36.4 Å². The number of nitrogens with one attached hydrogen (secondary N) is 2. The molecule has 0 radical (unpaired) electrons. The van der Waals surface area contributed by atoms with Crippen molar-refractivity contribution in [2.75, 3.05) is 10.6 Å². The van der Waals surface area contributed by atoms with Crippen molar-refractivity contribution in [3.63, 3.8) is 0 Å². The van der Waals surface area contributed by atoms with Gasteiger partial charge in [0.15, 0.2) is 0 Å². The molecule has 0 saturated carbocycles. The van der Waals surface area contributed by atoms with E-state index >= 15 is 0 Å². The second-order valence-corrected chi connectivity index (χ2v) is 4.94. The molecule has 1 heterocycles. The van der Waals surface area contributed by atoms with Crippen LogP contribution in [0.2, 0.25) is 0 Å². The Hall–Kier alpha value is -2.61. The van der Waals surface area contributed by atoms with Crippen molar-refractivity contribution in [2.45, 2.75) is 0 Å². The number of carbonyl (C=O) groups is 1. The molecule has 5 nitrogen and oxygen atoms in total. The van der Waals surface area contributed by atoms with Crippen molar-refractivity contribution in [2.24, 2.45) is 0 Å². The van der Waals surface area contributed by atoms with Crippen molar-refractivity contribution in [3.05, 3.63) is 48.0 Å². The quantitative estimate of drug-likeness (QED) is 0.760. The normalized spacial score (nSPS) is 10.6. The molecule has 1 aromatic heterocycles. The molecule has 0 saturated heterocycles. The molecule has 0 aliphatic carbocycles. The van der Waals surface area contributed by atoms with Crippen LogP contribution in [0.5, 0.6) is 0 Å². The van der Waals surface area contributed by atoms with Gasteiger partial charge in [0.25, 0.3) is 0 Å². The molecule has 2 amide bonds. The number of carbonyl (C=O) groups excluding carboxylic acids is 1. The molecule has 0 unspecified atom stereocenters. The summed E-state index contributed by atoms with van der Waals surface area (Å²) in [6, 6.07) is 7.38. The van der Waals surface area contributed by atoms with Crippen LogP contribution in [-0.2, 0) is 0 Å². The van der Waals surface area contributed by atoms with Crippen molar-refractivity contribution >= 4 is 39.2 Å². The molecule has 3 rings (SSSR count). The molecular weight excluding hydrogens is 298 g/mol. The average molecular weight is 306 g/mol. The van der Waals surface area contributed by atoms with E-state index in [0.29, 0.717) is 17.3 Å². The predicted molar refractivity (Wildman–Crippen MR) is 76.4 cm³/mol. The maximum atomic E-state index is 13.4. The number of urea groups is 1. The molecular formula is C13H8F2N4OS. The first-order chi connectivity index (χ1) is 10.1. The highest BCUT2D eigenvalue weighted by Crippen LogP contribution is 2.20. The summed E-state index contributed by atoms with van der Waals surface area (Å²) in [5.41, 5.74) is 1.05. The number of fused-ring (bicyclic) bond motifs is 1. The SMILES string of the molecule is O=C(Nc1ccc2snnc2c1)Nc1ccc(F)cc1F. The molecule has 0 fully saturated rings. The first-order valence-electron chi connectivity index (χ1n) is 5.87. The highest BCUT2D eigenvalue weighted by molar-refractivity contribution is 7.12. The van der Waals surface area contributed by atoms with E-state index in [1.807, 2.05) is 0 Å². The molecule has 2 aromatic carbocycles. The zero-order valence-corrected chi connectivity index (χ0v) is 11.2. The lowest BCUT2D eigenvalue weighted by molar-refractivity contribution is 0.262. The summed E-state index contributed by atoms with van der Waals surface area (Å²) in [6.07, 6.45) is 0. The third-order valence-electron chi connectivity index (χ3n) is 2.68. The second kappa shape index (κ2) is 5.41. The largest absolute Gasteiger partial charge is 0.323 e. The fraction of sp³-hybridized carbons (Fsp3) is 0. The van der Waals surface area contributed by atoms with Crippen LogP contribution in [0.1, 0.15) is 0 Å². The molecule has 0 aliphatic rings. The zero-order valence-electron chi connectivity index (χ0n) is 10.4. The van der Waals surface area contributed by atoms with Crippen molar-refractivity contribution < 1.29 is 13.6 Å². The molecule has 8 heteroatoms. The van der Waals surface area contributed by atoms with Crippen LogP contribution < -0.4 is 10.6 Å². The van der Waals surface area contributed by atoms with E-state index in [0.717, 1.165) is 16.8 Å². The molecule has 0 bridgehead atoms. The molecule has 106 valence electrons. The fourth-order valence-electron chi connectivity index (χ4n) is 1.73. The molecule has 2 N–H and O–H groups in total. The summed E-state index contributed by atoms with van der Waals surface area (Å²) in [6.45, 7) is 0. The van der Waals surface area contributed by atoms with Gasteiger partial charge in [-0.25, -0.2) is 13.6 Å². The molecule has 0 atom stereocenters. The van der Waals surface area contributed by atoms with Crippen molar-refractivity contribution in [1.29, 1.82) is 0 Å². The lowest BCUT2D eigenvalue weighted by atomic mass is 10.3. The number of benzene rings is 2. The summed E-state index contributed by atoms with van der Waals surface area (Å²) >= 11 is 1.25. The standard InChI is InChI=1S/C13H8F2N4OS/c14-7-1-3-10(9(15)5-7)17-13(20)16-8-2-4-12-11(6-8)18-19-21-12/h1-6H,(H2,16,17,20). The topological polar surface area (TPSA) is 66.9 Å². The van der Waals surface area contributed by atoms with Crippen LogP contribution >= 0.6 is 11.5 Å². The number of nitrogens with zero attached hydrogens (tertiary/aromatic N) is 2. The zero-order chi connectivity index (χ0) is 14.8. The molecule has 0 spiro atoms. The fourth-order valence-corrected chi connectivity index (χ4v) is 2.27. The van der Waals surface area contributed by atoms with E-state index in [1.54, 1.807) is 18.2 Å². The van der Waals surface area contributed by atoms with Gasteiger partial charge in [-0.1, -0.05) is 4.49 Å². The summed E-state index contributed by atoms with van der Waals surface area (Å²) < 4.78 is 30.9. The maximum Gasteiger partial charge on any atom is 0.323 e. The smallest absolute Gasteiger partial charge is 0.308 e. The van der Waals surface area contributed by atoms with Gasteiger partial charge in [-0.2, -0.15) is 0 Å². The maximum absolute atomic E-state index is 13.4. The molecule has 21 heavy (non-hydrogen) atoms. The number of aromatic nitrogens is 2. The number of halogens is 2. The van der Waals surface area contributed by atoms with Gasteiger partial charge >= 0.3 is 6.03 Å². The van der Waals surface area contributed by atoms with E-state index in [9.17, 15) is 13.6 Å². The summed E-state index contributed by atoms with van der Waals surface area (Å²) in [5.74, 6) is -1.55. The van der Waals surface area contributed by atoms with E-state index in [1.165, 1.54) is 11.5 Å². The lowest BCUT2D eigenvalue weighted by Crippen LogP contribution is -2.20. The third kappa shape index (κ3) is 2.95. The minimum Gasteiger partial charge on any atom is -0.308 e. The van der Waals surface area contributed by atoms with Crippen LogP contribution in [0.3, 0.4) is 0 Å². The van der Waals surface area contributed by atoms with Crippen LogP contribution in [0.4, 0.5) is 25.0 Å². The van der Waals surface area contributed by atoms with Gasteiger partial charge in [0.1, 0.15) is 17.2 Å². The Bertz CT molecular complexity index is 821. The Morgan fingerprint density at radius 1 is 1.10 bits per heavy atom. The first-order valence-corrected chi connectivity index (χ1v) is 6.64. The van der Waals surface area contributed by atoms with Gasteiger partial charge in [-0.15, -0.1) is 5.10 Å². The number of rotatable bonds is 2. The minimum absolute atomic E-state index is 0.106. The minimum atomic E-state index is -0.843.